The fourth-order valence-electron chi connectivity index (χ4n) is 6.39. The summed E-state index contributed by atoms with van der Waals surface area (Å²) in [5.74, 6) is 4.30. The van der Waals surface area contributed by atoms with Crippen LogP contribution in [0.5, 0.6) is 0 Å². The van der Waals surface area contributed by atoms with Crippen molar-refractivity contribution >= 4 is 10.0 Å². The van der Waals surface area contributed by atoms with Gasteiger partial charge in [0.25, 0.3) is 0 Å². The maximum atomic E-state index is 12.9. The smallest absolute Gasteiger partial charge is 0.208 e. The summed E-state index contributed by atoms with van der Waals surface area (Å²) < 4.78 is 28.9. The number of rotatable bonds is 6. The lowest BCUT2D eigenvalue weighted by Crippen LogP contribution is -2.52. The lowest BCUT2D eigenvalue weighted by atomic mass is 9.51. The van der Waals surface area contributed by atoms with E-state index in [9.17, 15) is 8.42 Å². The fourth-order valence-corrected chi connectivity index (χ4v) is 7.66. The van der Waals surface area contributed by atoms with E-state index in [2.05, 4.69) is 25.5 Å². The minimum Gasteiger partial charge on any atom is -0.208 e. The quantitative estimate of drug-likeness (QED) is 0.765. The monoisotopic (exact) mass is 375 g/mol. The van der Waals surface area contributed by atoms with Gasteiger partial charge in [0.15, 0.2) is 0 Å². The van der Waals surface area contributed by atoms with Gasteiger partial charge in [-0.1, -0.05) is 26.0 Å². The molecular formula is C22H33NO2S. The highest BCUT2D eigenvalue weighted by atomic mass is 32.2. The summed E-state index contributed by atoms with van der Waals surface area (Å²) in [6.45, 7) is 6.43. The highest BCUT2D eigenvalue weighted by Crippen LogP contribution is 2.57. The van der Waals surface area contributed by atoms with Gasteiger partial charge in [-0.05, 0) is 98.7 Å². The first-order valence-electron chi connectivity index (χ1n) is 10.5. The Hall–Kier alpha value is -0.870. The molecule has 26 heavy (non-hydrogen) atoms. The van der Waals surface area contributed by atoms with Crippen LogP contribution in [0.1, 0.15) is 70.8 Å². The minimum atomic E-state index is -3.44. The number of sulfonamides is 1. The Bertz CT molecular complexity index is 712. The minimum absolute atomic E-state index is 0.0317. The Kier molecular flexibility index (Phi) is 4.94. The zero-order chi connectivity index (χ0) is 18.5. The van der Waals surface area contributed by atoms with Crippen LogP contribution in [-0.2, 0) is 10.0 Å². The molecule has 144 valence electrons. The van der Waals surface area contributed by atoms with E-state index in [1.54, 1.807) is 12.1 Å². The van der Waals surface area contributed by atoms with Crippen molar-refractivity contribution in [1.29, 1.82) is 0 Å². The summed E-state index contributed by atoms with van der Waals surface area (Å²) in [5.41, 5.74) is 1.21. The van der Waals surface area contributed by atoms with Gasteiger partial charge in [0.05, 0.1) is 4.90 Å². The molecule has 5 rings (SSSR count). The van der Waals surface area contributed by atoms with Gasteiger partial charge in [-0.3, -0.25) is 0 Å². The van der Waals surface area contributed by atoms with E-state index in [1.165, 1.54) is 37.7 Å². The lowest BCUT2D eigenvalue weighted by molar-refractivity contribution is -0.0463. The standard InChI is InChI=1S/C22H33NO2S/c1-4-14(2)18-5-7-21(8-6-18)26(24,25)23-15(3)22-19-10-16-9-17(12-19)13-20(22)11-16/h5-8,14-17,19-20,22-23H,4,9-13H2,1-3H3. The Labute approximate surface area is 159 Å². The number of benzene rings is 1. The summed E-state index contributed by atoms with van der Waals surface area (Å²) >= 11 is 0. The van der Waals surface area contributed by atoms with Gasteiger partial charge >= 0.3 is 0 Å². The van der Waals surface area contributed by atoms with Crippen molar-refractivity contribution < 1.29 is 8.42 Å². The SMILES string of the molecule is CCC(C)c1ccc(S(=O)(=O)NC(C)C2C3CC4CC(C3)CC2C4)cc1. The second kappa shape index (κ2) is 6.94. The van der Waals surface area contributed by atoms with Gasteiger partial charge in [0, 0.05) is 6.04 Å². The van der Waals surface area contributed by atoms with Crippen LogP contribution in [0.2, 0.25) is 0 Å². The van der Waals surface area contributed by atoms with Crippen molar-refractivity contribution in [1.82, 2.24) is 4.72 Å². The second-order valence-corrected chi connectivity index (χ2v) is 11.0. The number of hydrogen-bond acceptors (Lipinski definition) is 2. The molecule has 1 N–H and O–H groups in total. The number of nitrogens with one attached hydrogen (secondary N) is 1. The normalized spacial score (nSPS) is 35.4. The molecule has 0 aromatic heterocycles. The Morgan fingerprint density at radius 1 is 0.962 bits per heavy atom. The largest absolute Gasteiger partial charge is 0.240 e. The van der Waals surface area contributed by atoms with E-state index in [1.807, 2.05) is 12.1 Å². The maximum Gasteiger partial charge on any atom is 0.240 e. The first-order valence-corrected chi connectivity index (χ1v) is 12.0. The molecule has 0 amide bonds. The van der Waals surface area contributed by atoms with Gasteiger partial charge < -0.3 is 0 Å². The van der Waals surface area contributed by atoms with Crippen molar-refractivity contribution in [2.45, 2.75) is 76.2 Å². The molecule has 3 nitrogen and oxygen atoms in total. The Morgan fingerprint density at radius 3 is 2.00 bits per heavy atom. The zero-order valence-corrected chi connectivity index (χ0v) is 17.1. The Balaban J connectivity index is 1.47. The second-order valence-electron chi connectivity index (χ2n) is 9.30. The van der Waals surface area contributed by atoms with Crippen LogP contribution in [-0.4, -0.2) is 14.5 Å². The average Bonchev–Trinajstić information content (AvgIpc) is 2.60. The maximum absolute atomic E-state index is 12.9. The summed E-state index contributed by atoms with van der Waals surface area (Å²) in [6.07, 6.45) is 7.80. The fraction of sp³-hybridized carbons (Fsp3) is 0.727. The van der Waals surface area contributed by atoms with Crippen LogP contribution in [0.15, 0.2) is 29.2 Å². The van der Waals surface area contributed by atoms with E-state index in [-0.39, 0.29) is 6.04 Å². The van der Waals surface area contributed by atoms with Crippen LogP contribution < -0.4 is 4.72 Å². The van der Waals surface area contributed by atoms with Gasteiger partial charge in [-0.25, -0.2) is 13.1 Å². The van der Waals surface area contributed by atoms with Crippen molar-refractivity contribution in [2.75, 3.05) is 0 Å². The van der Waals surface area contributed by atoms with Crippen LogP contribution in [0, 0.1) is 29.6 Å². The molecule has 0 saturated heterocycles. The zero-order valence-electron chi connectivity index (χ0n) is 16.3. The van der Waals surface area contributed by atoms with Gasteiger partial charge in [-0.15, -0.1) is 0 Å². The third kappa shape index (κ3) is 3.35. The van der Waals surface area contributed by atoms with E-state index in [0.717, 1.165) is 30.1 Å². The topological polar surface area (TPSA) is 46.2 Å². The highest BCUT2D eigenvalue weighted by Gasteiger charge is 2.50. The van der Waals surface area contributed by atoms with Crippen LogP contribution >= 0.6 is 0 Å². The highest BCUT2D eigenvalue weighted by molar-refractivity contribution is 7.89. The van der Waals surface area contributed by atoms with E-state index < -0.39 is 10.0 Å². The van der Waals surface area contributed by atoms with Gasteiger partial charge in [0.2, 0.25) is 10.0 Å². The first kappa shape index (κ1) is 18.5. The van der Waals surface area contributed by atoms with Crippen LogP contribution in [0.25, 0.3) is 0 Å². The molecule has 4 heteroatoms. The van der Waals surface area contributed by atoms with Crippen molar-refractivity contribution in [3.8, 4) is 0 Å². The molecule has 1 aromatic rings. The van der Waals surface area contributed by atoms with E-state index in [4.69, 9.17) is 0 Å². The molecule has 0 radical (unpaired) electrons. The summed E-state index contributed by atoms with van der Waals surface area (Å²) in [6, 6.07) is 7.51. The lowest BCUT2D eigenvalue weighted by Gasteiger charge is -2.56. The van der Waals surface area contributed by atoms with E-state index in [0.29, 0.717) is 16.7 Å². The third-order valence-electron chi connectivity index (χ3n) is 7.59. The predicted octanol–water partition coefficient (Wildman–Crippen LogP) is 4.94. The molecule has 2 unspecified atom stereocenters. The average molecular weight is 376 g/mol. The molecule has 4 saturated carbocycles. The Morgan fingerprint density at radius 2 is 1.50 bits per heavy atom. The van der Waals surface area contributed by atoms with Gasteiger partial charge in [0.1, 0.15) is 0 Å². The molecule has 4 fully saturated rings. The van der Waals surface area contributed by atoms with Crippen molar-refractivity contribution in [3.05, 3.63) is 29.8 Å². The number of hydrogen-bond donors (Lipinski definition) is 1. The molecule has 4 aliphatic carbocycles. The molecule has 0 heterocycles. The molecular weight excluding hydrogens is 342 g/mol. The van der Waals surface area contributed by atoms with Crippen molar-refractivity contribution in [2.24, 2.45) is 29.6 Å². The third-order valence-corrected chi connectivity index (χ3v) is 9.16. The molecule has 4 aliphatic rings. The molecule has 4 bridgehead atoms. The summed E-state index contributed by atoms with van der Waals surface area (Å²) in [4.78, 5) is 0.403. The molecule has 0 spiro atoms. The molecule has 2 atom stereocenters. The van der Waals surface area contributed by atoms with E-state index >= 15 is 0 Å². The van der Waals surface area contributed by atoms with Crippen LogP contribution in [0.4, 0.5) is 0 Å². The van der Waals surface area contributed by atoms with Crippen molar-refractivity contribution in [3.63, 3.8) is 0 Å². The predicted molar refractivity (Wildman–Crippen MR) is 105 cm³/mol. The molecule has 1 aromatic carbocycles. The summed E-state index contributed by atoms with van der Waals surface area (Å²) in [7, 11) is -3.44. The molecule has 0 aliphatic heterocycles. The van der Waals surface area contributed by atoms with Crippen LogP contribution in [0.3, 0.4) is 0 Å². The van der Waals surface area contributed by atoms with Gasteiger partial charge in [-0.2, -0.15) is 0 Å². The first-order chi connectivity index (χ1) is 12.4. The summed E-state index contributed by atoms with van der Waals surface area (Å²) in [5, 5.41) is 0.